The number of hydrogen-bond acceptors (Lipinski definition) is 6. The van der Waals surface area contributed by atoms with E-state index in [-0.39, 0.29) is 30.7 Å². The molecule has 1 fully saturated rings. The molecule has 1 saturated heterocycles. The Labute approximate surface area is 216 Å². The number of aliphatic hydroxyl groups is 2. The van der Waals surface area contributed by atoms with Gasteiger partial charge in [0.2, 0.25) is 11.8 Å². The molecule has 7 heteroatoms. The van der Waals surface area contributed by atoms with Crippen molar-refractivity contribution >= 4 is 29.2 Å². The number of imide groups is 1. The van der Waals surface area contributed by atoms with E-state index < -0.39 is 23.9 Å². The van der Waals surface area contributed by atoms with Gasteiger partial charge in [-0.3, -0.25) is 14.5 Å². The third-order valence-electron chi connectivity index (χ3n) is 7.42. The van der Waals surface area contributed by atoms with Crippen LogP contribution in [0.25, 0.3) is 6.08 Å². The monoisotopic (exact) mass is 509 g/mol. The maximum atomic E-state index is 13.4. The second-order valence-corrected chi connectivity index (χ2v) is 10.9. The SMILES string of the molecule is CCC/C(=C\c1cccc(O)c1)CC[C@@H](O)C1=C(C)C[C@H]2C(=O)N(Cc3cccs3)C(=O)[C@H]2[C@H]1CO. The van der Waals surface area contributed by atoms with Crippen molar-refractivity contribution in [3.8, 4) is 5.75 Å². The van der Waals surface area contributed by atoms with Crippen LogP contribution in [0.3, 0.4) is 0 Å². The van der Waals surface area contributed by atoms with Crippen LogP contribution in [0.5, 0.6) is 5.75 Å². The first-order valence-electron chi connectivity index (χ1n) is 12.7. The Kier molecular flexibility index (Phi) is 8.44. The number of rotatable bonds is 10. The highest BCUT2D eigenvalue weighted by atomic mass is 32.1. The highest BCUT2D eigenvalue weighted by Crippen LogP contribution is 2.46. The molecule has 1 aromatic carbocycles. The summed E-state index contributed by atoms with van der Waals surface area (Å²) in [5.74, 6) is -1.88. The van der Waals surface area contributed by atoms with Crippen molar-refractivity contribution in [2.45, 2.75) is 58.6 Å². The van der Waals surface area contributed by atoms with E-state index in [0.29, 0.717) is 24.8 Å². The van der Waals surface area contributed by atoms with Crippen molar-refractivity contribution in [2.24, 2.45) is 17.8 Å². The molecule has 2 heterocycles. The first kappa shape index (κ1) is 26.3. The molecule has 36 heavy (non-hydrogen) atoms. The van der Waals surface area contributed by atoms with E-state index in [4.69, 9.17) is 0 Å². The third-order valence-corrected chi connectivity index (χ3v) is 8.28. The van der Waals surface area contributed by atoms with E-state index in [9.17, 15) is 24.9 Å². The lowest BCUT2D eigenvalue weighted by molar-refractivity contribution is -0.140. The van der Waals surface area contributed by atoms with E-state index >= 15 is 0 Å². The Bertz CT molecular complexity index is 1150. The minimum Gasteiger partial charge on any atom is -0.508 e. The number of allylic oxidation sites excluding steroid dienone is 2. The van der Waals surface area contributed by atoms with Crippen molar-refractivity contribution in [3.05, 3.63) is 68.9 Å². The Morgan fingerprint density at radius 3 is 2.67 bits per heavy atom. The van der Waals surface area contributed by atoms with Gasteiger partial charge in [0.05, 0.1) is 31.1 Å². The number of amides is 2. The molecule has 1 aliphatic carbocycles. The standard InChI is InChI=1S/C29H35NO5S/c1-3-6-19(14-20-7-4-8-21(32)15-20)10-11-25(33)26-18(2)13-23-27(24(26)17-31)29(35)30(28(23)34)16-22-9-5-12-36-22/h4-5,7-9,12,14-15,23-25,27,31-33H,3,6,10-11,13,16-17H2,1-2H3/b19-14+/t23-,24+,25-,27-/m1/s1. The van der Waals surface area contributed by atoms with Gasteiger partial charge in [-0.15, -0.1) is 11.3 Å². The van der Waals surface area contributed by atoms with Gasteiger partial charge in [-0.2, -0.15) is 0 Å². The second kappa shape index (κ2) is 11.5. The molecule has 2 aromatic rings. The summed E-state index contributed by atoms with van der Waals surface area (Å²) in [6, 6.07) is 10.9. The Balaban J connectivity index is 1.51. The number of likely N-dealkylation sites (tertiary alicyclic amines) is 1. The van der Waals surface area contributed by atoms with Gasteiger partial charge in [-0.25, -0.2) is 0 Å². The molecule has 0 bridgehead atoms. The van der Waals surface area contributed by atoms with Crippen LogP contribution < -0.4 is 0 Å². The van der Waals surface area contributed by atoms with Gasteiger partial charge >= 0.3 is 0 Å². The highest BCUT2D eigenvalue weighted by Gasteiger charge is 2.54. The number of hydrogen-bond donors (Lipinski definition) is 3. The fourth-order valence-electron chi connectivity index (χ4n) is 5.81. The minimum atomic E-state index is -0.804. The Morgan fingerprint density at radius 1 is 1.19 bits per heavy atom. The number of phenolic OH excluding ortho intramolecular Hbond substituents is 1. The molecule has 192 valence electrons. The zero-order valence-electron chi connectivity index (χ0n) is 20.9. The predicted molar refractivity (Wildman–Crippen MR) is 141 cm³/mol. The molecule has 0 radical (unpaired) electrons. The van der Waals surface area contributed by atoms with Gasteiger partial charge < -0.3 is 15.3 Å². The molecule has 0 unspecified atom stereocenters. The van der Waals surface area contributed by atoms with Crippen LogP contribution in [0.1, 0.15) is 56.4 Å². The fourth-order valence-corrected chi connectivity index (χ4v) is 6.51. The van der Waals surface area contributed by atoms with Gasteiger partial charge in [-0.05, 0) is 67.3 Å². The van der Waals surface area contributed by atoms with Gasteiger partial charge in [0.1, 0.15) is 5.75 Å². The maximum absolute atomic E-state index is 13.4. The number of carbonyl (C=O) groups excluding carboxylic acids is 2. The maximum Gasteiger partial charge on any atom is 0.234 e. The van der Waals surface area contributed by atoms with Gasteiger partial charge in [0.15, 0.2) is 0 Å². The van der Waals surface area contributed by atoms with Crippen molar-refractivity contribution in [1.82, 2.24) is 4.90 Å². The number of benzene rings is 1. The molecule has 3 N–H and O–H groups in total. The predicted octanol–water partition coefficient (Wildman–Crippen LogP) is 4.91. The molecule has 6 nitrogen and oxygen atoms in total. The van der Waals surface area contributed by atoms with E-state index in [1.165, 1.54) is 21.8 Å². The van der Waals surface area contributed by atoms with Crippen LogP contribution in [0, 0.1) is 17.8 Å². The van der Waals surface area contributed by atoms with Crippen molar-refractivity contribution in [3.63, 3.8) is 0 Å². The first-order valence-corrected chi connectivity index (χ1v) is 13.6. The molecule has 2 aliphatic rings. The van der Waals surface area contributed by atoms with Gasteiger partial charge in [0.25, 0.3) is 0 Å². The average Bonchev–Trinajstić information content (AvgIpc) is 3.44. The molecule has 1 aliphatic heterocycles. The summed E-state index contributed by atoms with van der Waals surface area (Å²) in [5, 5.41) is 33.3. The number of nitrogens with zero attached hydrogens (tertiary/aromatic N) is 1. The van der Waals surface area contributed by atoms with E-state index in [2.05, 4.69) is 13.0 Å². The van der Waals surface area contributed by atoms with Crippen LogP contribution in [-0.2, 0) is 16.1 Å². The van der Waals surface area contributed by atoms with Crippen LogP contribution in [-0.4, -0.2) is 44.7 Å². The summed E-state index contributed by atoms with van der Waals surface area (Å²) in [6.07, 6.45) is 4.64. The lowest BCUT2D eigenvalue weighted by Crippen LogP contribution is -2.38. The largest absolute Gasteiger partial charge is 0.508 e. The second-order valence-electron chi connectivity index (χ2n) is 9.91. The quantitative estimate of drug-likeness (QED) is 0.312. The van der Waals surface area contributed by atoms with Crippen LogP contribution in [0.15, 0.2) is 58.5 Å². The first-order chi connectivity index (χ1) is 17.3. The number of carbonyl (C=O) groups is 2. The lowest BCUT2D eigenvalue weighted by Gasteiger charge is -2.35. The highest BCUT2D eigenvalue weighted by molar-refractivity contribution is 7.09. The topological polar surface area (TPSA) is 98.1 Å². The molecule has 4 atom stereocenters. The minimum absolute atomic E-state index is 0.177. The third kappa shape index (κ3) is 5.48. The molecular weight excluding hydrogens is 474 g/mol. The Hall–Kier alpha value is -2.74. The number of aromatic hydroxyl groups is 1. The van der Waals surface area contributed by atoms with Gasteiger partial charge in [-0.1, -0.05) is 48.8 Å². The summed E-state index contributed by atoms with van der Waals surface area (Å²) in [5.41, 5.74) is 3.70. The van der Waals surface area contributed by atoms with E-state index in [1.807, 2.05) is 30.5 Å². The summed E-state index contributed by atoms with van der Waals surface area (Å²) in [4.78, 5) is 28.8. The number of fused-ring (bicyclic) bond motifs is 1. The summed E-state index contributed by atoms with van der Waals surface area (Å²) in [7, 11) is 0. The van der Waals surface area contributed by atoms with Crippen molar-refractivity contribution in [2.75, 3.05) is 6.61 Å². The smallest absolute Gasteiger partial charge is 0.234 e. The number of thiophene rings is 1. The number of aliphatic hydroxyl groups excluding tert-OH is 2. The van der Waals surface area contributed by atoms with E-state index in [1.54, 1.807) is 18.2 Å². The fraction of sp³-hybridized carbons (Fsp3) is 0.448. The number of phenols is 1. The van der Waals surface area contributed by atoms with Crippen LogP contribution in [0.2, 0.25) is 0 Å². The Morgan fingerprint density at radius 2 is 2.00 bits per heavy atom. The molecular formula is C29H35NO5S. The summed E-state index contributed by atoms with van der Waals surface area (Å²) in [6.45, 7) is 4.00. The average molecular weight is 510 g/mol. The van der Waals surface area contributed by atoms with Crippen molar-refractivity contribution in [1.29, 1.82) is 0 Å². The van der Waals surface area contributed by atoms with Crippen molar-refractivity contribution < 1.29 is 24.9 Å². The van der Waals surface area contributed by atoms with Crippen LogP contribution >= 0.6 is 11.3 Å². The molecule has 2 amide bonds. The summed E-state index contributed by atoms with van der Waals surface area (Å²) < 4.78 is 0. The van der Waals surface area contributed by atoms with Gasteiger partial charge in [0, 0.05) is 10.8 Å². The zero-order chi connectivity index (χ0) is 25.8. The molecule has 4 rings (SSSR count). The zero-order valence-corrected chi connectivity index (χ0v) is 21.7. The lowest BCUT2D eigenvalue weighted by atomic mass is 9.68. The van der Waals surface area contributed by atoms with E-state index in [0.717, 1.165) is 28.9 Å². The summed E-state index contributed by atoms with van der Waals surface area (Å²) >= 11 is 1.51. The molecule has 0 spiro atoms. The normalized spacial score (nSPS) is 23.4. The molecule has 1 aromatic heterocycles. The van der Waals surface area contributed by atoms with Crippen LogP contribution in [0.4, 0.5) is 0 Å². The molecule has 0 saturated carbocycles.